The third-order valence-electron chi connectivity index (χ3n) is 3.02. The van der Waals surface area contributed by atoms with Crippen LogP contribution in [0.4, 0.5) is 0 Å². The molecule has 76 valence electrons. The Kier molecular flexibility index (Phi) is 3.51. The second-order valence-corrected chi connectivity index (χ2v) is 3.97. The van der Waals surface area contributed by atoms with Crippen LogP contribution in [-0.2, 0) is 9.47 Å². The molecule has 0 saturated heterocycles. The van der Waals surface area contributed by atoms with Crippen molar-refractivity contribution in [2.75, 3.05) is 7.11 Å². The van der Waals surface area contributed by atoms with E-state index < -0.39 is 0 Å². The Hall–Kier alpha value is -0.340. The van der Waals surface area contributed by atoms with E-state index in [1.807, 2.05) is 13.0 Å². The molecule has 0 N–H and O–H groups in total. The zero-order valence-electron chi connectivity index (χ0n) is 8.88. The fourth-order valence-corrected chi connectivity index (χ4v) is 2.10. The maximum absolute atomic E-state index is 5.86. The number of hydrogen-bond acceptors (Lipinski definition) is 2. The van der Waals surface area contributed by atoms with Crippen LogP contribution in [0.3, 0.4) is 0 Å². The predicted molar refractivity (Wildman–Crippen MR) is 53.5 cm³/mol. The summed E-state index contributed by atoms with van der Waals surface area (Å²) in [5.41, 5.74) is -0.0584. The monoisotopic (exact) mass is 184 g/mol. The Morgan fingerprint density at radius 1 is 1.62 bits per heavy atom. The van der Waals surface area contributed by atoms with E-state index in [1.54, 1.807) is 7.11 Å². The molecule has 0 heterocycles. The molecule has 1 aliphatic carbocycles. The first-order valence-electron chi connectivity index (χ1n) is 4.95. The third kappa shape index (κ3) is 2.32. The molecule has 13 heavy (non-hydrogen) atoms. The molecule has 1 fully saturated rings. The van der Waals surface area contributed by atoms with Crippen LogP contribution in [0.15, 0.2) is 12.7 Å². The van der Waals surface area contributed by atoms with E-state index in [1.165, 1.54) is 12.8 Å². The molecule has 1 saturated carbocycles. The van der Waals surface area contributed by atoms with Crippen molar-refractivity contribution in [2.45, 2.75) is 45.0 Å². The van der Waals surface area contributed by atoms with Crippen LogP contribution < -0.4 is 0 Å². The van der Waals surface area contributed by atoms with Crippen LogP contribution >= 0.6 is 0 Å². The van der Waals surface area contributed by atoms with Gasteiger partial charge < -0.3 is 9.47 Å². The van der Waals surface area contributed by atoms with Gasteiger partial charge in [-0.05, 0) is 33.1 Å². The summed E-state index contributed by atoms with van der Waals surface area (Å²) in [6, 6.07) is 0. The van der Waals surface area contributed by atoms with E-state index in [0.29, 0.717) is 5.92 Å². The highest BCUT2D eigenvalue weighted by atomic mass is 16.7. The van der Waals surface area contributed by atoms with Gasteiger partial charge in [-0.15, -0.1) is 6.58 Å². The van der Waals surface area contributed by atoms with Gasteiger partial charge in [-0.3, -0.25) is 0 Å². The summed E-state index contributed by atoms with van der Waals surface area (Å²) >= 11 is 0. The molecule has 1 rings (SSSR count). The van der Waals surface area contributed by atoms with E-state index in [2.05, 4.69) is 13.5 Å². The van der Waals surface area contributed by atoms with Gasteiger partial charge in [-0.1, -0.05) is 6.08 Å². The normalized spacial score (nSPS) is 36.1. The van der Waals surface area contributed by atoms with Crippen LogP contribution in [0, 0.1) is 5.92 Å². The van der Waals surface area contributed by atoms with Crippen LogP contribution in [0.2, 0.25) is 0 Å². The van der Waals surface area contributed by atoms with Gasteiger partial charge >= 0.3 is 0 Å². The summed E-state index contributed by atoms with van der Waals surface area (Å²) in [5.74, 6) is 0.477. The van der Waals surface area contributed by atoms with Crippen LogP contribution in [0.5, 0.6) is 0 Å². The van der Waals surface area contributed by atoms with Crippen molar-refractivity contribution in [3.05, 3.63) is 12.7 Å². The lowest BCUT2D eigenvalue weighted by Gasteiger charge is -2.32. The minimum absolute atomic E-state index is 0.0584. The molecule has 0 aliphatic heterocycles. The number of hydrogen-bond donors (Lipinski definition) is 0. The van der Waals surface area contributed by atoms with Crippen molar-refractivity contribution in [1.82, 2.24) is 0 Å². The average Bonchev–Trinajstić information content (AvgIpc) is 2.46. The third-order valence-corrected chi connectivity index (χ3v) is 3.02. The first kappa shape index (κ1) is 10.7. The van der Waals surface area contributed by atoms with E-state index >= 15 is 0 Å². The van der Waals surface area contributed by atoms with Crippen molar-refractivity contribution in [3.8, 4) is 0 Å². The van der Waals surface area contributed by atoms with E-state index in [9.17, 15) is 0 Å². The zero-order chi connectivity index (χ0) is 9.90. The van der Waals surface area contributed by atoms with Gasteiger partial charge in [0.25, 0.3) is 0 Å². The molecular weight excluding hydrogens is 164 g/mol. The topological polar surface area (TPSA) is 18.5 Å². The standard InChI is InChI=1S/C11H20O2/c1-5-10-7-6-8-11(10,3)13-9(2)12-4/h5,9-10H,1,6-8H2,2-4H3. The second kappa shape index (κ2) is 4.25. The molecule has 0 bridgehead atoms. The summed E-state index contributed by atoms with van der Waals surface area (Å²) in [7, 11) is 1.67. The summed E-state index contributed by atoms with van der Waals surface area (Å²) in [6.07, 6.45) is 5.41. The number of methoxy groups -OCH3 is 1. The molecule has 0 radical (unpaired) electrons. The van der Waals surface area contributed by atoms with Gasteiger partial charge in [-0.2, -0.15) is 0 Å². The average molecular weight is 184 g/mol. The van der Waals surface area contributed by atoms with Gasteiger partial charge in [0, 0.05) is 13.0 Å². The minimum atomic E-state index is -0.120. The predicted octanol–water partition coefficient (Wildman–Crippen LogP) is 2.74. The SMILES string of the molecule is C=CC1CCCC1(C)OC(C)OC. The number of ether oxygens (including phenoxy) is 2. The molecular formula is C11H20O2. The van der Waals surface area contributed by atoms with Crippen molar-refractivity contribution in [1.29, 1.82) is 0 Å². The number of rotatable bonds is 4. The Bertz CT molecular complexity index is 179. The molecule has 0 spiro atoms. The van der Waals surface area contributed by atoms with Crippen LogP contribution in [0.25, 0.3) is 0 Å². The van der Waals surface area contributed by atoms with Crippen molar-refractivity contribution in [2.24, 2.45) is 5.92 Å². The summed E-state index contributed by atoms with van der Waals surface area (Å²) in [5, 5.41) is 0. The Morgan fingerprint density at radius 3 is 2.85 bits per heavy atom. The van der Waals surface area contributed by atoms with Crippen molar-refractivity contribution < 1.29 is 9.47 Å². The maximum atomic E-state index is 5.86. The summed E-state index contributed by atoms with van der Waals surface area (Å²) < 4.78 is 11.0. The minimum Gasteiger partial charge on any atom is -0.356 e. The maximum Gasteiger partial charge on any atom is 0.155 e. The summed E-state index contributed by atoms with van der Waals surface area (Å²) in [6.45, 7) is 7.94. The first-order valence-corrected chi connectivity index (χ1v) is 4.95. The smallest absolute Gasteiger partial charge is 0.155 e. The first-order chi connectivity index (χ1) is 6.12. The lowest BCUT2D eigenvalue weighted by Crippen LogP contribution is -2.36. The zero-order valence-corrected chi connectivity index (χ0v) is 8.88. The Balaban J connectivity index is 2.57. The van der Waals surface area contributed by atoms with Gasteiger partial charge in [0.2, 0.25) is 0 Å². The highest BCUT2D eigenvalue weighted by molar-refractivity contribution is 4.99. The van der Waals surface area contributed by atoms with E-state index in [0.717, 1.165) is 6.42 Å². The van der Waals surface area contributed by atoms with Crippen molar-refractivity contribution in [3.63, 3.8) is 0 Å². The highest BCUT2D eigenvalue weighted by Crippen LogP contribution is 2.39. The molecule has 2 nitrogen and oxygen atoms in total. The van der Waals surface area contributed by atoms with Crippen molar-refractivity contribution >= 4 is 0 Å². The van der Waals surface area contributed by atoms with E-state index in [-0.39, 0.29) is 11.9 Å². The van der Waals surface area contributed by atoms with Crippen LogP contribution in [-0.4, -0.2) is 19.0 Å². The summed E-state index contributed by atoms with van der Waals surface area (Å²) in [4.78, 5) is 0. The molecule has 0 aromatic carbocycles. The Labute approximate surface area is 80.9 Å². The van der Waals surface area contributed by atoms with E-state index in [4.69, 9.17) is 9.47 Å². The fourth-order valence-electron chi connectivity index (χ4n) is 2.10. The molecule has 0 aromatic heterocycles. The van der Waals surface area contributed by atoms with Crippen LogP contribution in [0.1, 0.15) is 33.1 Å². The van der Waals surface area contributed by atoms with Gasteiger partial charge in [0.1, 0.15) is 0 Å². The largest absolute Gasteiger partial charge is 0.356 e. The fraction of sp³-hybridized carbons (Fsp3) is 0.818. The molecule has 2 heteroatoms. The lowest BCUT2D eigenvalue weighted by atomic mass is 9.93. The molecule has 3 atom stereocenters. The highest BCUT2D eigenvalue weighted by Gasteiger charge is 2.39. The quantitative estimate of drug-likeness (QED) is 0.494. The molecule has 0 amide bonds. The van der Waals surface area contributed by atoms with Gasteiger partial charge in [0.15, 0.2) is 6.29 Å². The van der Waals surface area contributed by atoms with Gasteiger partial charge in [0.05, 0.1) is 5.60 Å². The second-order valence-electron chi connectivity index (χ2n) is 3.97. The molecule has 0 aromatic rings. The van der Waals surface area contributed by atoms with Gasteiger partial charge in [-0.25, -0.2) is 0 Å². The Morgan fingerprint density at radius 2 is 2.31 bits per heavy atom. The molecule has 1 aliphatic rings. The molecule has 3 unspecified atom stereocenters. The lowest BCUT2D eigenvalue weighted by molar-refractivity contribution is -0.191.